The SMILES string of the molecule is C=C(/C=C\C/C(F)=C\C)c1csc(CN(C)c2c(CCC#N)nc(/C=C\CC3CCN(CC(=O)N(C)C)CC3)n2C)n1. The number of aryl methyl sites for hydroxylation is 1. The standard InChI is InChI=1S/C32H44FN7OS/c1-7-26(33)13-8-11-24(2)28-23-42-30(36-28)21-38(5)32-27(14-10-18-34)35-29(39(32)6)15-9-12-25-16-19-40(20-17-25)22-31(41)37(3)4/h7-9,11,15,23,25H,2,10,12-14,16-17,19-22H2,1,3-6H3/b11-8-,15-9-,26-7+. The van der Waals surface area contributed by atoms with Crippen LogP contribution in [-0.2, 0) is 24.8 Å². The van der Waals surface area contributed by atoms with E-state index in [1.807, 2.05) is 19.5 Å². The predicted octanol–water partition coefficient (Wildman–Crippen LogP) is 6.01. The van der Waals surface area contributed by atoms with Crippen LogP contribution in [0.3, 0.4) is 0 Å². The second-order valence-electron chi connectivity index (χ2n) is 11.0. The lowest BCUT2D eigenvalue weighted by atomic mass is 9.93. The van der Waals surface area contributed by atoms with Gasteiger partial charge in [0.05, 0.1) is 36.4 Å². The van der Waals surface area contributed by atoms with Crippen molar-refractivity contribution < 1.29 is 9.18 Å². The van der Waals surface area contributed by atoms with E-state index in [0.29, 0.717) is 31.8 Å². The second-order valence-corrected chi connectivity index (χ2v) is 11.9. The molecule has 42 heavy (non-hydrogen) atoms. The fraction of sp³-hybridized carbons (Fsp3) is 0.500. The molecule has 0 saturated carbocycles. The second kappa shape index (κ2) is 16.2. The molecule has 2 aromatic heterocycles. The Bertz CT molecular complexity index is 1340. The highest BCUT2D eigenvalue weighted by atomic mass is 32.1. The third-order valence-electron chi connectivity index (χ3n) is 7.50. The van der Waals surface area contributed by atoms with Crippen LogP contribution in [0.25, 0.3) is 11.6 Å². The lowest BCUT2D eigenvalue weighted by molar-refractivity contribution is -0.130. The molecule has 1 fully saturated rings. The molecule has 3 rings (SSSR count). The minimum Gasteiger partial charge on any atom is -0.353 e. The smallest absolute Gasteiger partial charge is 0.236 e. The minimum atomic E-state index is -0.174. The highest BCUT2D eigenvalue weighted by Gasteiger charge is 2.21. The molecule has 3 heterocycles. The quantitative estimate of drug-likeness (QED) is 0.250. The summed E-state index contributed by atoms with van der Waals surface area (Å²) in [5, 5.41) is 12.1. The predicted molar refractivity (Wildman–Crippen MR) is 171 cm³/mol. The molecule has 10 heteroatoms. The maximum atomic E-state index is 13.4. The molecule has 0 atom stereocenters. The zero-order chi connectivity index (χ0) is 30.6. The van der Waals surface area contributed by atoms with Crippen LogP contribution < -0.4 is 4.90 Å². The van der Waals surface area contributed by atoms with Crippen LogP contribution in [-0.4, -0.2) is 71.0 Å². The van der Waals surface area contributed by atoms with E-state index < -0.39 is 0 Å². The maximum absolute atomic E-state index is 13.4. The van der Waals surface area contributed by atoms with E-state index in [1.165, 1.54) is 6.08 Å². The van der Waals surface area contributed by atoms with Crippen molar-refractivity contribution in [3.05, 3.63) is 64.3 Å². The topological polar surface area (TPSA) is 81.3 Å². The number of aromatic nitrogens is 3. The van der Waals surface area contributed by atoms with Crippen molar-refractivity contribution in [3.63, 3.8) is 0 Å². The van der Waals surface area contributed by atoms with Crippen LogP contribution in [0.4, 0.5) is 10.2 Å². The van der Waals surface area contributed by atoms with Crippen molar-refractivity contribution in [2.75, 3.05) is 45.7 Å². The Morgan fingerprint density at radius 3 is 2.67 bits per heavy atom. The molecule has 1 saturated heterocycles. The fourth-order valence-corrected chi connectivity index (χ4v) is 5.81. The van der Waals surface area contributed by atoms with Gasteiger partial charge in [-0.25, -0.2) is 14.4 Å². The van der Waals surface area contributed by atoms with Gasteiger partial charge in [-0.3, -0.25) is 9.69 Å². The molecule has 0 N–H and O–H groups in total. The summed E-state index contributed by atoms with van der Waals surface area (Å²) < 4.78 is 15.5. The Kier molecular flexibility index (Phi) is 12.7. The van der Waals surface area contributed by atoms with E-state index in [-0.39, 0.29) is 18.2 Å². The van der Waals surface area contributed by atoms with Crippen molar-refractivity contribution in [2.45, 2.75) is 52.0 Å². The summed E-state index contributed by atoms with van der Waals surface area (Å²) >= 11 is 1.56. The molecule has 0 unspecified atom stereocenters. The third-order valence-corrected chi connectivity index (χ3v) is 8.34. The van der Waals surface area contributed by atoms with Gasteiger partial charge in [0.1, 0.15) is 16.6 Å². The Hall–Kier alpha value is -3.55. The van der Waals surface area contributed by atoms with Gasteiger partial charge in [0, 0.05) is 52.8 Å². The highest BCUT2D eigenvalue weighted by molar-refractivity contribution is 7.09. The van der Waals surface area contributed by atoms with Crippen molar-refractivity contribution in [2.24, 2.45) is 13.0 Å². The Balaban J connectivity index is 1.63. The van der Waals surface area contributed by atoms with Crippen LogP contribution in [0.15, 0.2) is 42.1 Å². The minimum absolute atomic E-state index is 0.155. The van der Waals surface area contributed by atoms with Gasteiger partial charge in [0.15, 0.2) is 0 Å². The van der Waals surface area contributed by atoms with Crippen molar-refractivity contribution in [3.8, 4) is 6.07 Å². The highest BCUT2D eigenvalue weighted by Crippen LogP contribution is 2.27. The number of thiazole rings is 1. The van der Waals surface area contributed by atoms with Crippen LogP contribution in [0.2, 0.25) is 0 Å². The van der Waals surface area contributed by atoms with Crippen LogP contribution in [0, 0.1) is 17.2 Å². The van der Waals surface area contributed by atoms with Gasteiger partial charge >= 0.3 is 0 Å². The van der Waals surface area contributed by atoms with E-state index >= 15 is 0 Å². The zero-order valence-corrected chi connectivity index (χ0v) is 26.5. The van der Waals surface area contributed by atoms with Gasteiger partial charge in [-0.2, -0.15) is 5.26 Å². The molecular formula is C32H44FN7OS. The van der Waals surface area contributed by atoms with Crippen molar-refractivity contribution in [1.29, 1.82) is 5.26 Å². The van der Waals surface area contributed by atoms with Gasteiger partial charge in [-0.15, -0.1) is 11.3 Å². The molecule has 0 aromatic carbocycles. The van der Waals surface area contributed by atoms with Crippen LogP contribution in [0.5, 0.6) is 0 Å². The van der Waals surface area contributed by atoms with Crippen LogP contribution >= 0.6 is 11.3 Å². The molecule has 0 bridgehead atoms. The molecule has 2 aromatic rings. The molecule has 226 valence electrons. The first-order valence-corrected chi connectivity index (χ1v) is 15.3. The van der Waals surface area contributed by atoms with Crippen molar-refractivity contribution >= 4 is 34.7 Å². The Morgan fingerprint density at radius 2 is 2.00 bits per heavy atom. The number of carbonyl (C=O) groups is 1. The summed E-state index contributed by atoms with van der Waals surface area (Å²) in [4.78, 5) is 27.7. The van der Waals surface area contributed by atoms with Crippen molar-refractivity contribution in [1.82, 2.24) is 24.3 Å². The molecule has 8 nitrogen and oxygen atoms in total. The molecule has 0 spiro atoms. The monoisotopic (exact) mass is 593 g/mol. The van der Waals surface area contributed by atoms with Gasteiger partial charge < -0.3 is 14.4 Å². The first-order chi connectivity index (χ1) is 20.1. The van der Waals surface area contributed by atoms with E-state index in [9.17, 15) is 14.4 Å². The third kappa shape index (κ3) is 9.50. The number of imidazole rings is 1. The Morgan fingerprint density at radius 1 is 1.26 bits per heavy atom. The summed E-state index contributed by atoms with van der Waals surface area (Å²) in [5.74, 6) is 2.42. The number of likely N-dealkylation sites (tertiary alicyclic amines) is 1. The zero-order valence-electron chi connectivity index (χ0n) is 25.6. The number of nitriles is 1. The molecule has 1 aliphatic heterocycles. The molecule has 1 aliphatic rings. The molecule has 0 aliphatic carbocycles. The van der Waals surface area contributed by atoms with E-state index in [4.69, 9.17) is 9.97 Å². The molecule has 0 radical (unpaired) electrons. The summed E-state index contributed by atoms with van der Waals surface area (Å²) in [6.45, 7) is 8.74. The number of nitrogens with zero attached hydrogens (tertiary/aromatic N) is 7. The normalized spacial score (nSPS) is 15.0. The number of carbonyl (C=O) groups excluding carboxylic acids is 1. The lowest BCUT2D eigenvalue weighted by Gasteiger charge is -2.31. The molecular weight excluding hydrogens is 549 g/mol. The number of allylic oxidation sites excluding steroid dienone is 6. The first kappa shape index (κ1) is 33.0. The number of hydrogen-bond donors (Lipinski definition) is 0. The van der Waals surface area contributed by atoms with E-state index in [2.05, 4.69) is 39.2 Å². The lowest BCUT2D eigenvalue weighted by Crippen LogP contribution is -2.41. The summed E-state index contributed by atoms with van der Waals surface area (Å²) in [6, 6.07) is 2.24. The van der Waals surface area contributed by atoms with Gasteiger partial charge in [-0.05, 0) is 56.8 Å². The first-order valence-electron chi connectivity index (χ1n) is 14.5. The van der Waals surface area contributed by atoms with Gasteiger partial charge in [0.2, 0.25) is 5.91 Å². The largest absolute Gasteiger partial charge is 0.353 e. The number of rotatable bonds is 14. The number of amides is 1. The fourth-order valence-electron chi connectivity index (χ4n) is 4.94. The Labute approximate surface area is 254 Å². The average molecular weight is 594 g/mol. The number of hydrogen-bond acceptors (Lipinski definition) is 7. The number of piperidine rings is 1. The van der Waals surface area contributed by atoms with E-state index in [0.717, 1.165) is 66.0 Å². The summed E-state index contributed by atoms with van der Waals surface area (Å²) in [7, 11) is 7.64. The van der Waals surface area contributed by atoms with Gasteiger partial charge in [0.25, 0.3) is 0 Å². The van der Waals surface area contributed by atoms with Crippen LogP contribution in [0.1, 0.15) is 61.2 Å². The molecule has 1 amide bonds. The number of halogens is 1. The summed E-state index contributed by atoms with van der Waals surface area (Å²) in [5.41, 5.74) is 2.43. The maximum Gasteiger partial charge on any atom is 0.236 e. The number of likely N-dealkylation sites (N-methyl/N-ethyl adjacent to an activating group) is 1. The van der Waals surface area contributed by atoms with E-state index in [1.54, 1.807) is 49.4 Å². The average Bonchev–Trinajstić information content (AvgIpc) is 3.56. The number of anilines is 1. The summed E-state index contributed by atoms with van der Waals surface area (Å²) in [6.07, 6.45) is 13.7. The van der Waals surface area contributed by atoms with Gasteiger partial charge in [-0.1, -0.05) is 30.9 Å².